The zero-order valence-corrected chi connectivity index (χ0v) is 11.8. The molecule has 0 radical (unpaired) electrons. The summed E-state index contributed by atoms with van der Waals surface area (Å²) in [5.41, 5.74) is 1.98. The number of nitrogens with one attached hydrogen (secondary N) is 1. The van der Waals surface area contributed by atoms with Gasteiger partial charge >= 0.3 is 0 Å². The van der Waals surface area contributed by atoms with E-state index in [4.69, 9.17) is 0 Å². The van der Waals surface area contributed by atoms with Crippen molar-refractivity contribution >= 4 is 0 Å². The average Bonchev–Trinajstić information content (AvgIpc) is 2.75. The smallest absolute Gasteiger partial charge is 0.131 e. The molecule has 1 N–H and O–H groups in total. The van der Waals surface area contributed by atoms with Gasteiger partial charge in [0.05, 0.1) is 12.2 Å². The molecule has 1 aromatic heterocycles. The van der Waals surface area contributed by atoms with E-state index in [1.165, 1.54) is 18.2 Å². The van der Waals surface area contributed by atoms with Gasteiger partial charge < -0.3 is 5.32 Å². The Morgan fingerprint density at radius 3 is 2.60 bits per heavy atom. The van der Waals surface area contributed by atoms with Crippen LogP contribution in [0.3, 0.4) is 0 Å². The van der Waals surface area contributed by atoms with E-state index in [0.29, 0.717) is 0 Å². The summed E-state index contributed by atoms with van der Waals surface area (Å²) in [7, 11) is 0. The number of nitrogens with zero attached hydrogens (tertiary/aromatic N) is 2. The van der Waals surface area contributed by atoms with Crippen LogP contribution in [0.5, 0.6) is 0 Å². The summed E-state index contributed by atoms with van der Waals surface area (Å²) >= 11 is 0. The third kappa shape index (κ3) is 3.42. The van der Waals surface area contributed by atoms with E-state index in [-0.39, 0.29) is 12.1 Å². The molecule has 0 aliphatic rings. The van der Waals surface area contributed by atoms with Gasteiger partial charge in [-0.05, 0) is 32.0 Å². The van der Waals surface area contributed by atoms with Crippen LogP contribution < -0.4 is 5.32 Å². The summed E-state index contributed by atoms with van der Waals surface area (Å²) in [6, 6.07) is 3.89. The summed E-state index contributed by atoms with van der Waals surface area (Å²) in [6.07, 6.45) is 2.90. The van der Waals surface area contributed by atoms with Crippen molar-refractivity contribution in [3.8, 4) is 0 Å². The monoisotopic (exact) mass is 279 g/mol. The largest absolute Gasteiger partial charge is 0.313 e. The van der Waals surface area contributed by atoms with Crippen LogP contribution in [0.25, 0.3) is 0 Å². The molecule has 0 saturated heterocycles. The molecule has 0 atom stereocenters. The van der Waals surface area contributed by atoms with Crippen molar-refractivity contribution < 1.29 is 8.78 Å². The highest BCUT2D eigenvalue weighted by Crippen LogP contribution is 2.14. The first kappa shape index (κ1) is 14.7. The third-order valence-corrected chi connectivity index (χ3v) is 3.17. The van der Waals surface area contributed by atoms with Gasteiger partial charge in [0.25, 0.3) is 0 Å². The quantitative estimate of drug-likeness (QED) is 0.824. The van der Waals surface area contributed by atoms with Crippen LogP contribution in [0.2, 0.25) is 0 Å². The molecule has 0 aliphatic heterocycles. The standard InChI is InChI=1S/C15H19F2N3/c1-3-7-18-8-12-9-20(19-11(12)2)10-13-14(16)5-4-6-15(13)17/h4-6,9,18H,3,7-8,10H2,1-2H3. The van der Waals surface area contributed by atoms with Gasteiger partial charge in [0, 0.05) is 23.9 Å². The highest BCUT2D eigenvalue weighted by molar-refractivity contribution is 5.21. The summed E-state index contributed by atoms with van der Waals surface area (Å²) < 4.78 is 28.8. The maximum atomic E-state index is 13.6. The van der Waals surface area contributed by atoms with Crippen LogP contribution >= 0.6 is 0 Å². The average molecular weight is 279 g/mol. The minimum Gasteiger partial charge on any atom is -0.313 e. The Hall–Kier alpha value is -1.75. The maximum Gasteiger partial charge on any atom is 0.131 e. The van der Waals surface area contributed by atoms with Gasteiger partial charge in [0.15, 0.2) is 0 Å². The molecule has 0 unspecified atom stereocenters. The Balaban J connectivity index is 2.12. The Morgan fingerprint density at radius 2 is 1.95 bits per heavy atom. The molecule has 1 heterocycles. The normalized spacial score (nSPS) is 11.0. The van der Waals surface area contributed by atoms with Gasteiger partial charge in [0.2, 0.25) is 0 Å². The number of rotatable bonds is 6. The lowest BCUT2D eigenvalue weighted by molar-refractivity contribution is 0.532. The van der Waals surface area contributed by atoms with Crippen molar-refractivity contribution in [3.05, 3.63) is 52.9 Å². The Kier molecular flexibility index (Phi) is 4.84. The Morgan fingerprint density at radius 1 is 1.25 bits per heavy atom. The van der Waals surface area contributed by atoms with Crippen LogP contribution in [-0.4, -0.2) is 16.3 Å². The molecule has 3 nitrogen and oxygen atoms in total. The summed E-state index contributed by atoms with van der Waals surface area (Å²) in [4.78, 5) is 0. The number of hydrogen-bond acceptors (Lipinski definition) is 2. The molecule has 1 aromatic carbocycles. The number of aryl methyl sites for hydroxylation is 1. The first-order valence-corrected chi connectivity index (χ1v) is 6.78. The molecule has 20 heavy (non-hydrogen) atoms. The molecule has 0 amide bonds. The first-order valence-electron chi connectivity index (χ1n) is 6.78. The molecule has 0 aliphatic carbocycles. The molecule has 0 spiro atoms. The summed E-state index contributed by atoms with van der Waals surface area (Å²) in [5.74, 6) is -1.08. The predicted molar refractivity (Wildman–Crippen MR) is 74.4 cm³/mol. The number of halogens is 2. The summed E-state index contributed by atoms with van der Waals surface area (Å²) in [6.45, 7) is 5.76. The second kappa shape index (κ2) is 6.61. The third-order valence-electron chi connectivity index (χ3n) is 3.17. The van der Waals surface area contributed by atoms with E-state index in [9.17, 15) is 8.78 Å². The minimum atomic E-state index is -0.538. The van der Waals surface area contributed by atoms with Crippen molar-refractivity contribution in [1.29, 1.82) is 0 Å². The molecule has 5 heteroatoms. The molecule has 2 rings (SSSR count). The van der Waals surface area contributed by atoms with Crippen molar-refractivity contribution in [2.24, 2.45) is 0 Å². The number of aromatic nitrogens is 2. The van der Waals surface area contributed by atoms with Gasteiger partial charge in [0.1, 0.15) is 11.6 Å². The first-order chi connectivity index (χ1) is 9.61. The molecular weight excluding hydrogens is 260 g/mol. The van der Waals surface area contributed by atoms with Gasteiger partial charge in [-0.25, -0.2) is 8.78 Å². The van der Waals surface area contributed by atoms with Gasteiger partial charge in [-0.1, -0.05) is 13.0 Å². The summed E-state index contributed by atoms with van der Waals surface area (Å²) in [5, 5.41) is 7.60. The van der Waals surface area contributed by atoms with Crippen LogP contribution in [0.4, 0.5) is 8.78 Å². The zero-order chi connectivity index (χ0) is 14.5. The van der Waals surface area contributed by atoms with E-state index in [0.717, 1.165) is 30.8 Å². The molecule has 0 fully saturated rings. The fraction of sp³-hybridized carbons (Fsp3) is 0.400. The number of benzene rings is 1. The minimum absolute atomic E-state index is 0.0445. The van der Waals surface area contributed by atoms with Gasteiger partial charge in [-0.3, -0.25) is 4.68 Å². The van der Waals surface area contributed by atoms with Crippen molar-refractivity contribution in [2.75, 3.05) is 6.54 Å². The predicted octanol–water partition coefficient (Wildman–Crippen LogP) is 3.02. The molecular formula is C15H19F2N3. The van der Waals surface area contributed by atoms with Crippen LogP contribution in [0, 0.1) is 18.6 Å². The molecule has 0 saturated carbocycles. The van der Waals surface area contributed by atoms with Gasteiger partial charge in [-0.2, -0.15) is 5.10 Å². The molecule has 0 bridgehead atoms. The van der Waals surface area contributed by atoms with Crippen molar-refractivity contribution in [3.63, 3.8) is 0 Å². The topological polar surface area (TPSA) is 29.9 Å². The van der Waals surface area contributed by atoms with Crippen LogP contribution in [-0.2, 0) is 13.1 Å². The van der Waals surface area contributed by atoms with Crippen molar-refractivity contribution in [2.45, 2.75) is 33.4 Å². The SMILES string of the molecule is CCCNCc1cn(Cc2c(F)cccc2F)nc1C. The Bertz CT molecular complexity index is 558. The lowest BCUT2D eigenvalue weighted by Crippen LogP contribution is -2.13. The fourth-order valence-corrected chi connectivity index (χ4v) is 2.06. The van der Waals surface area contributed by atoms with Crippen LogP contribution in [0.1, 0.15) is 30.2 Å². The van der Waals surface area contributed by atoms with Crippen LogP contribution in [0.15, 0.2) is 24.4 Å². The van der Waals surface area contributed by atoms with Crippen molar-refractivity contribution in [1.82, 2.24) is 15.1 Å². The highest BCUT2D eigenvalue weighted by Gasteiger charge is 2.11. The fourth-order valence-electron chi connectivity index (χ4n) is 2.06. The second-order valence-electron chi connectivity index (χ2n) is 4.81. The van der Waals surface area contributed by atoms with E-state index in [1.807, 2.05) is 13.1 Å². The van der Waals surface area contributed by atoms with E-state index in [2.05, 4.69) is 17.3 Å². The lowest BCUT2D eigenvalue weighted by atomic mass is 10.2. The maximum absolute atomic E-state index is 13.6. The second-order valence-corrected chi connectivity index (χ2v) is 4.81. The lowest BCUT2D eigenvalue weighted by Gasteiger charge is -2.04. The number of hydrogen-bond donors (Lipinski definition) is 1. The van der Waals surface area contributed by atoms with Gasteiger partial charge in [-0.15, -0.1) is 0 Å². The molecule has 108 valence electrons. The highest BCUT2D eigenvalue weighted by atomic mass is 19.1. The zero-order valence-electron chi connectivity index (χ0n) is 11.8. The van der Waals surface area contributed by atoms with E-state index in [1.54, 1.807) is 4.68 Å². The Labute approximate surface area is 117 Å². The van der Waals surface area contributed by atoms with E-state index < -0.39 is 11.6 Å². The molecule has 2 aromatic rings. The van der Waals surface area contributed by atoms with E-state index >= 15 is 0 Å².